The monoisotopic (exact) mass is 371 g/mol. The number of imide groups is 1. The van der Waals surface area contributed by atoms with Crippen molar-refractivity contribution in [2.45, 2.75) is 32.6 Å². The molecule has 2 aromatic rings. The zero-order valence-electron chi connectivity index (χ0n) is 14.6. The lowest BCUT2D eigenvalue weighted by molar-refractivity contribution is -0.123. The first-order valence-corrected chi connectivity index (χ1v) is 9.56. The third kappa shape index (κ3) is 4.38. The summed E-state index contributed by atoms with van der Waals surface area (Å²) in [5.74, 6) is -0.987. The maximum atomic E-state index is 12.2. The fourth-order valence-corrected chi connectivity index (χ4v) is 4.18. The summed E-state index contributed by atoms with van der Waals surface area (Å²) in [6.07, 6.45) is 4.30. The fourth-order valence-electron chi connectivity index (χ4n) is 3.07. The molecule has 136 valence electrons. The van der Waals surface area contributed by atoms with Gasteiger partial charge in [0.2, 0.25) is 0 Å². The molecule has 1 aliphatic carbocycles. The lowest BCUT2D eigenvalue weighted by atomic mass is 9.87. The molecule has 3 rings (SSSR count). The second-order valence-corrected chi connectivity index (χ2v) is 7.53. The average molecular weight is 371 g/mol. The number of carbonyl (C=O) groups is 3. The molecule has 1 unspecified atom stereocenters. The van der Waals surface area contributed by atoms with Gasteiger partial charge in [0.25, 0.3) is 11.8 Å². The number of ether oxygens (including phenoxy) is 1. The molecule has 0 saturated carbocycles. The number of aryl methyl sites for hydroxylation is 1. The molecule has 6 heteroatoms. The van der Waals surface area contributed by atoms with Crippen molar-refractivity contribution < 1.29 is 19.1 Å². The Hall–Kier alpha value is -2.47. The topological polar surface area (TPSA) is 72.5 Å². The summed E-state index contributed by atoms with van der Waals surface area (Å²) in [5, 5.41) is 2.21. The van der Waals surface area contributed by atoms with Gasteiger partial charge in [0.15, 0.2) is 6.61 Å². The van der Waals surface area contributed by atoms with Crippen LogP contribution in [0.5, 0.6) is 0 Å². The van der Waals surface area contributed by atoms with Crippen LogP contribution in [0.4, 0.5) is 0 Å². The van der Waals surface area contributed by atoms with E-state index in [0.29, 0.717) is 16.4 Å². The van der Waals surface area contributed by atoms with Crippen molar-refractivity contribution in [2.75, 3.05) is 6.61 Å². The van der Waals surface area contributed by atoms with Crippen molar-refractivity contribution >= 4 is 29.1 Å². The highest BCUT2D eigenvalue weighted by Crippen LogP contribution is 2.33. The van der Waals surface area contributed by atoms with E-state index in [2.05, 4.69) is 12.2 Å². The van der Waals surface area contributed by atoms with E-state index in [-0.39, 0.29) is 0 Å². The van der Waals surface area contributed by atoms with E-state index < -0.39 is 24.4 Å². The quantitative estimate of drug-likeness (QED) is 0.818. The summed E-state index contributed by atoms with van der Waals surface area (Å²) in [6.45, 7) is 1.71. The van der Waals surface area contributed by atoms with Gasteiger partial charge in [-0.2, -0.15) is 0 Å². The van der Waals surface area contributed by atoms with Gasteiger partial charge in [-0.15, -0.1) is 11.3 Å². The van der Waals surface area contributed by atoms with Crippen molar-refractivity contribution in [1.29, 1.82) is 0 Å². The van der Waals surface area contributed by atoms with Crippen molar-refractivity contribution in [2.24, 2.45) is 5.92 Å². The third-order valence-electron chi connectivity index (χ3n) is 4.59. The van der Waals surface area contributed by atoms with Crippen LogP contribution in [0.15, 0.2) is 36.4 Å². The molecule has 2 amide bonds. The molecule has 0 spiro atoms. The van der Waals surface area contributed by atoms with Crippen LogP contribution in [0.25, 0.3) is 0 Å². The fraction of sp³-hybridized carbons (Fsp3) is 0.350. The van der Waals surface area contributed by atoms with Gasteiger partial charge >= 0.3 is 5.97 Å². The summed E-state index contributed by atoms with van der Waals surface area (Å²) >= 11 is 1.45. The summed E-state index contributed by atoms with van der Waals surface area (Å²) in [7, 11) is 0. The maximum Gasteiger partial charge on any atom is 0.348 e. The van der Waals surface area contributed by atoms with Crippen LogP contribution in [0, 0.1) is 5.92 Å². The predicted octanol–water partition coefficient (Wildman–Crippen LogP) is 3.38. The van der Waals surface area contributed by atoms with Gasteiger partial charge in [-0.05, 0) is 48.9 Å². The number of benzene rings is 1. The van der Waals surface area contributed by atoms with Crippen molar-refractivity contribution in [1.82, 2.24) is 5.32 Å². The van der Waals surface area contributed by atoms with Crippen LogP contribution in [-0.2, 0) is 22.4 Å². The smallest absolute Gasteiger partial charge is 0.348 e. The number of esters is 1. The highest BCUT2D eigenvalue weighted by molar-refractivity contribution is 7.14. The molecule has 1 N–H and O–H groups in total. The van der Waals surface area contributed by atoms with E-state index in [1.807, 2.05) is 6.07 Å². The van der Waals surface area contributed by atoms with Crippen LogP contribution in [-0.4, -0.2) is 24.4 Å². The summed E-state index contributed by atoms with van der Waals surface area (Å²) in [4.78, 5) is 37.7. The van der Waals surface area contributed by atoms with E-state index in [1.54, 1.807) is 30.3 Å². The number of thiophene rings is 1. The zero-order chi connectivity index (χ0) is 18.5. The van der Waals surface area contributed by atoms with Gasteiger partial charge in [-0.25, -0.2) is 4.79 Å². The Bertz CT molecular complexity index is 812. The average Bonchev–Trinajstić information content (AvgIpc) is 3.10. The van der Waals surface area contributed by atoms with Crippen molar-refractivity contribution in [3.05, 3.63) is 57.3 Å². The van der Waals surface area contributed by atoms with Gasteiger partial charge in [0, 0.05) is 10.4 Å². The Balaban J connectivity index is 1.52. The number of fused-ring (bicyclic) bond motifs is 1. The molecule has 1 atom stereocenters. The Morgan fingerprint density at radius 3 is 2.73 bits per heavy atom. The Morgan fingerprint density at radius 1 is 1.23 bits per heavy atom. The van der Waals surface area contributed by atoms with Gasteiger partial charge in [0.1, 0.15) is 4.88 Å². The van der Waals surface area contributed by atoms with Gasteiger partial charge in [0.05, 0.1) is 0 Å². The highest BCUT2D eigenvalue weighted by atomic mass is 32.1. The first-order valence-electron chi connectivity index (χ1n) is 8.74. The minimum atomic E-state index is -0.639. The molecule has 26 heavy (non-hydrogen) atoms. The normalized spacial score (nSPS) is 15.8. The van der Waals surface area contributed by atoms with Crippen LogP contribution in [0.3, 0.4) is 0 Å². The lowest BCUT2D eigenvalue weighted by Gasteiger charge is -2.19. The Morgan fingerprint density at radius 2 is 2.00 bits per heavy atom. The van der Waals surface area contributed by atoms with E-state index in [0.717, 1.165) is 25.7 Å². The number of amides is 2. The maximum absolute atomic E-state index is 12.2. The molecule has 0 saturated heterocycles. The predicted molar refractivity (Wildman–Crippen MR) is 99.3 cm³/mol. The van der Waals surface area contributed by atoms with Crippen LogP contribution < -0.4 is 5.32 Å². The molecule has 1 aromatic carbocycles. The molecular weight excluding hydrogens is 350 g/mol. The van der Waals surface area contributed by atoms with E-state index in [9.17, 15) is 14.4 Å². The number of hydrogen-bond acceptors (Lipinski definition) is 5. The second kappa shape index (κ2) is 8.27. The lowest BCUT2D eigenvalue weighted by Crippen LogP contribution is -2.34. The summed E-state index contributed by atoms with van der Waals surface area (Å²) in [6, 6.07) is 10.3. The molecule has 1 heterocycles. The molecule has 1 aromatic heterocycles. The van der Waals surface area contributed by atoms with E-state index in [1.165, 1.54) is 21.8 Å². The molecular formula is C20H21NO4S. The molecule has 0 bridgehead atoms. The molecule has 0 radical (unpaired) electrons. The van der Waals surface area contributed by atoms with Crippen LogP contribution in [0.2, 0.25) is 0 Å². The molecule has 5 nitrogen and oxygen atoms in total. The van der Waals surface area contributed by atoms with Crippen molar-refractivity contribution in [3.63, 3.8) is 0 Å². The van der Waals surface area contributed by atoms with Gasteiger partial charge < -0.3 is 4.74 Å². The van der Waals surface area contributed by atoms with E-state index in [4.69, 9.17) is 4.74 Å². The highest BCUT2D eigenvalue weighted by Gasteiger charge is 2.23. The number of rotatable bonds is 5. The van der Waals surface area contributed by atoms with Gasteiger partial charge in [-0.3, -0.25) is 14.9 Å². The third-order valence-corrected chi connectivity index (χ3v) is 5.80. The Kier molecular flexibility index (Phi) is 5.83. The minimum absolute atomic E-state index is 0.378. The van der Waals surface area contributed by atoms with Crippen LogP contribution in [0.1, 0.15) is 50.2 Å². The van der Waals surface area contributed by atoms with Gasteiger partial charge in [-0.1, -0.05) is 31.5 Å². The van der Waals surface area contributed by atoms with E-state index >= 15 is 0 Å². The summed E-state index contributed by atoms with van der Waals surface area (Å²) < 4.78 is 5.06. The molecule has 1 aliphatic rings. The SMILES string of the molecule is CCC1CCc2sc(C(=O)OCC(=O)NC(=O)c3ccccc3)cc2C1. The van der Waals surface area contributed by atoms with Crippen molar-refractivity contribution in [3.8, 4) is 0 Å². The zero-order valence-corrected chi connectivity index (χ0v) is 15.4. The Labute approximate surface area is 156 Å². The number of hydrogen-bond donors (Lipinski definition) is 1. The van der Waals surface area contributed by atoms with Crippen LogP contribution >= 0.6 is 11.3 Å². The summed E-state index contributed by atoms with van der Waals surface area (Å²) in [5.41, 5.74) is 1.60. The number of carbonyl (C=O) groups excluding carboxylic acids is 3. The first kappa shape index (κ1) is 18.3. The number of nitrogens with one attached hydrogen (secondary N) is 1. The first-order chi connectivity index (χ1) is 12.6. The standard InChI is InChI=1S/C20H21NO4S/c1-2-13-8-9-16-15(10-13)11-17(26-16)20(24)25-12-18(22)21-19(23)14-6-4-3-5-7-14/h3-7,11,13H,2,8-10,12H2,1H3,(H,21,22,23). The minimum Gasteiger partial charge on any atom is -0.451 e. The second-order valence-electron chi connectivity index (χ2n) is 6.40. The largest absolute Gasteiger partial charge is 0.451 e. The molecule has 0 aliphatic heterocycles. The molecule has 0 fully saturated rings.